The number of carbonyl (C=O) groups is 2. The van der Waals surface area contributed by atoms with Gasteiger partial charge in [0, 0.05) is 34.1 Å². The van der Waals surface area contributed by atoms with Crippen molar-refractivity contribution in [2.75, 3.05) is 19.4 Å². The number of nitrogens with zero attached hydrogens (tertiary/aromatic N) is 2. The maximum atomic E-state index is 12.8. The first-order chi connectivity index (χ1) is 15.4. The van der Waals surface area contributed by atoms with Crippen LogP contribution >= 0.6 is 11.3 Å². The smallest absolute Gasteiger partial charge is 0.280 e. The van der Waals surface area contributed by atoms with E-state index in [1.54, 1.807) is 0 Å². The molecule has 2 amide bonds. The van der Waals surface area contributed by atoms with E-state index in [1.807, 2.05) is 41.8 Å². The molecule has 0 saturated heterocycles. The van der Waals surface area contributed by atoms with Gasteiger partial charge < -0.3 is 15.5 Å². The van der Waals surface area contributed by atoms with Crippen LogP contribution in [-0.2, 0) is 4.79 Å². The van der Waals surface area contributed by atoms with Gasteiger partial charge in [-0.25, -0.2) is 4.98 Å². The number of benzene rings is 2. The zero-order valence-electron chi connectivity index (χ0n) is 18.4. The van der Waals surface area contributed by atoms with Crippen LogP contribution in [0.5, 0.6) is 0 Å². The van der Waals surface area contributed by atoms with Crippen LogP contribution in [0.4, 0.5) is 5.69 Å². The Hall–Kier alpha value is -3.03. The normalized spacial score (nSPS) is 18.5. The Morgan fingerprint density at radius 1 is 1.16 bits per heavy atom. The minimum absolute atomic E-state index is 0.103. The third kappa shape index (κ3) is 4.89. The number of amides is 2. The van der Waals surface area contributed by atoms with Crippen molar-refractivity contribution in [2.45, 2.75) is 37.8 Å². The maximum Gasteiger partial charge on any atom is 0.280 e. The summed E-state index contributed by atoms with van der Waals surface area (Å²) < 4.78 is 0. The van der Waals surface area contributed by atoms with Crippen LogP contribution < -0.4 is 10.6 Å². The van der Waals surface area contributed by atoms with E-state index in [2.05, 4.69) is 41.2 Å². The van der Waals surface area contributed by atoms with Crippen LogP contribution in [0.15, 0.2) is 54.4 Å². The molecule has 0 aliphatic heterocycles. The SMILES string of the molecule is C=CC(=O)Nc1cccc2ccc(-c3csc(C(=O)NC4CCC(N(C)C)CC4)n3)cc12. The monoisotopic (exact) mass is 448 g/mol. The van der Waals surface area contributed by atoms with Crippen molar-refractivity contribution in [3.8, 4) is 11.3 Å². The van der Waals surface area contributed by atoms with Gasteiger partial charge in [-0.15, -0.1) is 11.3 Å². The molecule has 166 valence electrons. The maximum absolute atomic E-state index is 12.8. The van der Waals surface area contributed by atoms with Crippen LogP contribution in [0.2, 0.25) is 0 Å². The minimum Gasteiger partial charge on any atom is -0.347 e. The highest BCUT2D eigenvalue weighted by molar-refractivity contribution is 7.12. The van der Waals surface area contributed by atoms with Gasteiger partial charge in [0.1, 0.15) is 0 Å². The summed E-state index contributed by atoms with van der Waals surface area (Å²) in [5, 5.41) is 10.3. The van der Waals surface area contributed by atoms with Crippen molar-refractivity contribution in [3.63, 3.8) is 0 Å². The standard InChI is InChI=1S/C25H28N4O2S/c1-4-23(30)27-21-7-5-6-16-8-9-17(14-20(16)21)22-15-32-25(28-22)24(31)26-18-10-12-19(13-11-18)29(2)3/h4-9,14-15,18-19H,1,10-13H2,2-3H3,(H,26,31)(H,27,30). The van der Waals surface area contributed by atoms with E-state index in [0.29, 0.717) is 11.0 Å². The second kappa shape index (κ2) is 9.63. The first-order valence-electron chi connectivity index (χ1n) is 10.8. The van der Waals surface area contributed by atoms with Crippen LogP contribution in [0.3, 0.4) is 0 Å². The average Bonchev–Trinajstić information content (AvgIpc) is 3.30. The lowest BCUT2D eigenvalue weighted by molar-refractivity contribution is -0.111. The van der Waals surface area contributed by atoms with Gasteiger partial charge in [0.2, 0.25) is 5.91 Å². The Balaban J connectivity index is 1.49. The highest BCUT2D eigenvalue weighted by atomic mass is 32.1. The highest BCUT2D eigenvalue weighted by Gasteiger charge is 2.24. The largest absolute Gasteiger partial charge is 0.347 e. The van der Waals surface area contributed by atoms with Crippen LogP contribution in [0, 0.1) is 0 Å². The molecule has 0 unspecified atom stereocenters. The Morgan fingerprint density at radius 2 is 1.94 bits per heavy atom. The molecule has 1 fully saturated rings. The molecule has 0 bridgehead atoms. The number of carbonyl (C=O) groups excluding carboxylic acids is 2. The van der Waals surface area contributed by atoms with Crippen LogP contribution in [0.1, 0.15) is 35.5 Å². The fourth-order valence-corrected chi connectivity index (χ4v) is 4.95. The van der Waals surface area contributed by atoms with Gasteiger partial charge in [0.15, 0.2) is 5.01 Å². The number of hydrogen-bond acceptors (Lipinski definition) is 5. The fraction of sp³-hybridized carbons (Fsp3) is 0.320. The van der Waals surface area contributed by atoms with Crippen molar-refractivity contribution in [2.24, 2.45) is 0 Å². The molecule has 1 aromatic heterocycles. The number of nitrogens with one attached hydrogen (secondary N) is 2. The van der Waals surface area contributed by atoms with Gasteiger partial charge in [0.05, 0.1) is 5.69 Å². The third-order valence-electron chi connectivity index (χ3n) is 6.08. The second-order valence-electron chi connectivity index (χ2n) is 8.42. The average molecular weight is 449 g/mol. The summed E-state index contributed by atoms with van der Waals surface area (Å²) in [6.07, 6.45) is 5.44. The molecule has 3 aromatic rings. The number of anilines is 1. The first-order valence-corrected chi connectivity index (χ1v) is 11.7. The molecule has 32 heavy (non-hydrogen) atoms. The summed E-state index contributed by atoms with van der Waals surface area (Å²) in [5.74, 6) is -0.357. The molecular formula is C25H28N4O2S. The van der Waals surface area contributed by atoms with Gasteiger partial charge in [-0.05, 0) is 63.4 Å². The molecule has 2 aromatic carbocycles. The van der Waals surface area contributed by atoms with E-state index in [4.69, 9.17) is 0 Å². The summed E-state index contributed by atoms with van der Waals surface area (Å²) in [7, 11) is 4.23. The molecule has 1 heterocycles. The van der Waals surface area contributed by atoms with Crippen LogP contribution in [-0.4, -0.2) is 47.9 Å². The van der Waals surface area contributed by atoms with E-state index in [0.717, 1.165) is 53.4 Å². The molecular weight excluding hydrogens is 420 g/mol. The van der Waals surface area contributed by atoms with Gasteiger partial charge in [-0.2, -0.15) is 0 Å². The van der Waals surface area contributed by atoms with Crippen molar-refractivity contribution in [1.82, 2.24) is 15.2 Å². The van der Waals surface area contributed by atoms with E-state index in [9.17, 15) is 9.59 Å². The zero-order chi connectivity index (χ0) is 22.7. The number of thiazole rings is 1. The predicted octanol–water partition coefficient (Wildman–Crippen LogP) is 4.69. The zero-order valence-corrected chi connectivity index (χ0v) is 19.2. The number of rotatable bonds is 6. The Bertz CT molecular complexity index is 1150. The summed E-state index contributed by atoms with van der Waals surface area (Å²) in [5.41, 5.74) is 2.37. The summed E-state index contributed by atoms with van der Waals surface area (Å²) >= 11 is 1.36. The van der Waals surface area contributed by atoms with Crippen LogP contribution in [0.25, 0.3) is 22.0 Å². The molecule has 1 aliphatic carbocycles. The number of hydrogen-bond donors (Lipinski definition) is 2. The highest BCUT2D eigenvalue weighted by Crippen LogP contribution is 2.30. The first kappa shape index (κ1) is 22.2. The quantitative estimate of drug-likeness (QED) is 0.537. The van der Waals surface area contributed by atoms with Crippen molar-refractivity contribution in [3.05, 3.63) is 59.4 Å². The van der Waals surface area contributed by atoms with Gasteiger partial charge >= 0.3 is 0 Å². The van der Waals surface area contributed by atoms with Gasteiger partial charge in [-0.1, -0.05) is 30.8 Å². The predicted molar refractivity (Wildman–Crippen MR) is 131 cm³/mol. The summed E-state index contributed by atoms with van der Waals surface area (Å²) in [6.45, 7) is 3.51. The van der Waals surface area contributed by atoms with E-state index in [1.165, 1.54) is 17.4 Å². The molecule has 0 atom stereocenters. The molecule has 6 nitrogen and oxygen atoms in total. The number of fused-ring (bicyclic) bond motifs is 1. The molecule has 0 radical (unpaired) electrons. The summed E-state index contributed by atoms with van der Waals surface area (Å²) in [4.78, 5) is 31.4. The topological polar surface area (TPSA) is 74.3 Å². The fourth-order valence-electron chi connectivity index (χ4n) is 4.22. The molecule has 2 N–H and O–H groups in total. The molecule has 7 heteroatoms. The molecule has 0 spiro atoms. The van der Waals surface area contributed by atoms with Gasteiger partial charge in [-0.3, -0.25) is 9.59 Å². The Kier molecular flexibility index (Phi) is 6.67. The minimum atomic E-state index is -0.255. The third-order valence-corrected chi connectivity index (χ3v) is 6.92. The lowest BCUT2D eigenvalue weighted by Gasteiger charge is -2.32. The molecule has 1 aliphatic rings. The molecule has 1 saturated carbocycles. The Labute approximate surface area is 192 Å². The molecule has 4 rings (SSSR count). The Morgan fingerprint density at radius 3 is 2.66 bits per heavy atom. The van der Waals surface area contributed by atoms with E-state index >= 15 is 0 Å². The lowest BCUT2D eigenvalue weighted by atomic mass is 9.90. The van der Waals surface area contributed by atoms with E-state index in [-0.39, 0.29) is 17.9 Å². The number of aromatic nitrogens is 1. The van der Waals surface area contributed by atoms with Crippen molar-refractivity contribution < 1.29 is 9.59 Å². The van der Waals surface area contributed by atoms with Crippen molar-refractivity contribution >= 4 is 39.6 Å². The second-order valence-corrected chi connectivity index (χ2v) is 9.27. The lowest BCUT2D eigenvalue weighted by Crippen LogP contribution is -2.41. The van der Waals surface area contributed by atoms with E-state index < -0.39 is 0 Å². The van der Waals surface area contributed by atoms with Crippen molar-refractivity contribution in [1.29, 1.82) is 0 Å². The summed E-state index contributed by atoms with van der Waals surface area (Å²) in [6, 6.07) is 12.5. The van der Waals surface area contributed by atoms with Gasteiger partial charge in [0.25, 0.3) is 5.91 Å².